The van der Waals surface area contributed by atoms with Crippen LogP contribution in [0.4, 0.5) is 0 Å². The first-order valence-corrected chi connectivity index (χ1v) is 4.29. The number of hydrogen-bond donors (Lipinski definition) is 0. The lowest BCUT2D eigenvalue weighted by Crippen LogP contribution is -2.16. The highest BCUT2D eigenvalue weighted by molar-refractivity contribution is 6.25. The van der Waals surface area contributed by atoms with Crippen molar-refractivity contribution in [1.29, 1.82) is 0 Å². The molecule has 1 unspecified atom stereocenters. The van der Waals surface area contributed by atoms with Gasteiger partial charge in [-0.05, 0) is 19.3 Å². The van der Waals surface area contributed by atoms with Gasteiger partial charge >= 0.3 is 0 Å². The van der Waals surface area contributed by atoms with Crippen LogP contribution in [0.25, 0.3) is 0 Å². The lowest BCUT2D eigenvalue weighted by molar-refractivity contribution is -0.121. The van der Waals surface area contributed by atoms with Crippen LogP contribution < -0.4 is 0 Å². The number of hydrogen-bond acceptors (Lipinski definition) is 1. The Bertz CT molecular complexity index is 150. The number of carbonyl (C=O) groups is 1. The maximum Gasteiger partial charge on any atom is 0.133 e. The van der Waals surface area contributed by atoms with Gasteiger partial charge in [-0.25, -0.2) is 0 Å². The van der Waals surface area contributed by atoms with E-state index in [0.29, 0.717) is 5.92 Å². The summed E-state index contributed by atoms with van der Waals surface area (Å²) < 4.78 is 0. The fourth-order valence-corrected chi connectivity index (χ4v) is 1.21. The topological polar surface area (TPSA) is 17.1 Å². The number of halogens is 1. The Hall–Kier alpha value is -0.300. The molecule has 0 heterocycles. The van der Waals surface area contributed by atoms with Gasteiger partial charge in [0.05, 0.1) is 0 Å². The van der Waals surface area contributed by atoms with Gasteiger partial charge in [-0.1, -0.05) is 31.5 Å². The zero-order valence-corrected chi connectivity index (χ0v) is 8.06. The first kappa shape index (κ1) is 10.7. The molecule has 1 nitrogen and oxygen atoms in total. The molecule has 0 aromatic carbocycles. The maximum absolute atomic E-state index is 11.0. The monoisotopic (exact) mass is 174 g/mol. The number of allylic oxidation sites excluding steroid dienone is 1. The van der Waals surface area contributed by atoms with Gasteiger partial charge in [-0.2, -0.15) is 0 Å². The average Bonchev–Trinajstić information content (AvgIpc) is 1.87. The zero-order valence-electron chi connectivity index (χ0n) is 7.30. The van der Waals surface area contributed by atoms with E-state index < -0.39 is 0 Å². The van der Waals surface area contributed by atoms with E-state index in [-0.39, 0.29) is 11.7 Å². The Morgan fingerprint density at radius 1 is 1.55 bits per heavy atom. The molecule has 0 aromatic rings. The van der Waals surface area contributed by atoms with E-state index >= 15 is 0 Å². The summed E-state index contributed by atoms with van der Waals surface area (Å²) in [5, 5.41) is 0. The minimum atomic E-state index is 0.130. The molecular weight excluding hydrogens is 160 g/mol. The van der Waals surface area contributed by atoms with Crippen molar-refractivity contribution in [2.24, 2.45) is 11.8 Å². The predicted molar refractivity (Wildman–Crippen MR) is 48.6 cm³/mol. The second kappa shape index (κ2) is 5.36. The fraction of sp³-hybridized carbons (Fsp3) is 0.667. The van der Waals surface area contributed by atoms with Crippen LogP contribution in [0.1, 0.15) is 27.2 Å². The molecule has 0 radical (unpaired) electrons. The summed E-state index contributed by atoms with van der Waals surface area (Å²) >= 11 is 5.36. The Morgan fingerprint density at radius 2 is 2.09 bits per heavy atom. The third-order valence-corrected chi connectivity index (χ3v) is 1.98. The highest BCUT2D eigenvalue weighted by Crippen LogP contribution is 2.16. The smallest absolute Gasteiger partial charge is 0.133 e. The van der Waals surface area contributed by atoms with Gasteiger partial charge in [0.1, 0.15) is 5.78 Å². The molecule has 0 aliphatic carbocycles. The SMILES string of the molecule is CC(=O)C(C/C=C/Cl)C(C)C. The van der Waals surface area contributed by atoms with E-state index in [1.54, 1.807) is 6.92 Å². The quantitative estimate of drug-likeness (QED) is 0.641. The molecule has 0 saturated carbocycles. The van der Waals surface area contributed by atoms with Gasteiger partial charge in [0.2, 0.25) is 0 Å². The van der Waals surface area contributed by atoms with E-state index in [0.717, 1.165) is 6.42 Å². The molecule has 11 heavy (non-hydrogen) atoms. The molecule has 0 aliphatic rings. The first-order valence-electron chi connectivity index (χ1n) is 3.85. The Balaban J connectivity index is 4.00. The largest absolute Gasteiger partial charge is 0.300 e. The molecule has 1 atom stereocenters. The van der Waals surface area contributed by atoms with Crippen LogP contribution in [0.2, 0.25) is 0 Å². The molecule has 0 N–H and O–H groups in total. The van der Waals surface area contributed by atoms with Crippen LogP contribution in [0.15, 0.2) is 11.6 Å². The van der Waals surface area contributed by atoms with Crippen molar-refractivity contribution in [1.82, 2.24) is 0 Å². The van der Waals surface area contributed by atoms with Crippen LogP contribution >= 0.6 is 11.6 Å². The van der Waals surface area contributed by atoms with Gasteiger partial charge < -0.3 is 0 Å². The highest BCUT2D eigenvalue weighted by atomic mass is 35.5. The third-order valence-electron chi connectivity index (χ3n) is 1.81. The summed E-state index contributed by atoms with van der Waals surface area (Å²) in [4.78, 5) is 11.0. The molecule has 0 fully saturated rings. The second-order valence-electron chi connectivity index (χ2n) is 3.06. The lowest BCUT2D eigenvalue weighted by atomic mass is 9.89. The van der Waals surface area contributed by atoms with Crippen LogP contribution in [0.5, 0.6) is 0 Å². The van der Waals surface area contributed by atoms with Crippen molar-refractivity contribution in [3.05, 3.63) is 11.6 Å². The third kappa shape index (κ3) is 4.20. The molecule has 0 aromatic heterocycles. The highest BCUT2D eigenvalue weighted by Gasteiger charge is 2.15. The Morgan fingerprint density at radius 3 is 2.36 bits per heavy atom. The summed E-state index contributed by atoms with van der Waals surface area (Å²) in [6.45, 7) is 5.73. The molecule has 2 heteroatoms. The predicted octanol–water partition coefficient (Wildman–Crippen LogP) is 2.99. The van der Waals surface area contributed by atoms with Crippen LogP contribution in [0, 0.1) is 11.8 Å². The average molecular weight is 175 g/mol. The van der Waals surface area contributed by atoms with E-state index in [4.69, 9.17) is 11.6 Å². The molecule has 64 valence electrons. The van der Waals surface area contributed by atoms with E-state index in [2.05, 4.69) is 0 Å². The first-order chi connectivity index (χ1) is 5.09. The standard InChI is InChI=1S/C9H15ClO/c1-7(2)9(8(3)11)5-4-6-10/h4,6-7,9H,5H2,1-3H3/b6-4+. The number of Topliss-reactive ketones (excluding diaryl/α,β-unsaturated/α-hetero) is 1. The molecule has 0 bridgehead atoms. The van der Waals surface area contributed by atoms with Gasteiger partial charge in [-0.15, -0.1) is 0 Å². The van der Waals surface area contributed by atoms with Crippen molar-refractivity contribution in [2.75, 3.05) is 0 Å². The zero-order chi connectivity index (χ0) is 8.85. The van der Waals surface area contributed by atoms with E-state index in [1.807, 2.05) is 19.9 Å². The molecule has 0 spiro atoms. The maximum atomic E-state index is 11.0. The molecule has 0 rings (SSSR count). The van der Waals surface area contributed by atoms with Crippen molar-refractivity contribution in [3.8, 4) is 0 Å². The Labute approximate surface area is 73.4 Å². The molecule has 0 amide bonds. The number of carbonyl (C=O) groups excluding carboxylic acids is 1. The number of rotatable bonds is 4. The molecule has 0 aliphatic heterocycles. The molecular formula is C9H15ClO. The number of ketones is 1. The van der Waals surface area contributed by atoms with Crippen molar-refractivity contribution < 1.29 is 4.79 Å². The summed E-state index contributed by atoms with van der Waals surface area (Å²) in [6.07, 6.45) is 2.59. The Kier molecular flexibility index (Phi) is 5.22. The summed E-state index contributed by atoms with van der Waals surface area (Å²) in [5.41, 5.74) is 1.47. The van der Waals surface area contributed by atoms with Gasteiger partial charge in [0, 0.05) is 11.5 Å². The fourth-order valence-electron chi connectivity index (χ4n) is 1.11. The van der Waals surface area contributed by atoms with Gasteiger partial charge in [-0.3, -0.25) is 4.79 Å². The van der Waals surface area contributed by atoms with Crippen LogP contribution in [-0.2, 0) is 4.79 Å². The van der Waals surface area contributed by atoms with E-state index in [9.17, 15) is 4.79 Å². The van der Waals surface area contributed by atoms with Crippen LogP contribution in [0.3, 0.4) is 0 Å². The minimum absolute atomic E-state index is 0.130. The second-order valence-corrected chi connectivity index (χ2v) is 3.31. The van der Waals surface area contributed by atoms with Crippen molar-refractivity contribution in [3.63, 3.8) is 0 Å². The minimum Gasteiger partial charge on any atom is -0.300 e. The van der Waals surface area contributed by atoms with Crippen molar-refractivity contribution >= 4 is 17.4 Å². The van der Waals surface area contributed by atoms with Crippen molar-refractivity contribution in [2.45, 2.75) is 27.2 Å². The van der Waals surface area contributed by atoms with Gasteiger partial charge in [0.25, 0.3) is 0 Å². The summed E-state index contributed by atoms with van der Waals surface area (Å²) in [6, 6.07) is 0. The normalized spacial score (nSPS) is 14.3. The van der Waals surface area contributed by atoms with Gasteiger partial charge in [0.15, 0.2) is 0 Å². The van der Waals surface area contributed by atoms with Crippen LogP contribution in [-0.4, -0.2) is 5.78 Å². The molecule has 0 saturated heterocycles. The lowest BCUT2D eigenvalue weighted by Gasteiger charge is -2.14. The van der Waals surface area contributed by atoms with E-state index in [1.165, 1.54) is 5.54 Å². The summed E-state index contributed by atoms with van der Waals surface area (Å²) in [5.74, 6) is 0.778. The summed E-state index contributed by atoms with van der Waals surface area (Å²) in [7, 11) is 0.